The molecule has 0 aliphatic carbocycles. The summed E-state index contributed by atoms with van der Waals surface area (Å²) in [5.74, 6) is -0.834. The van der Waals surface area contributed by atoms with E-state index in [4.69, 9.17) is 10.5 Å². The number of halogens is 1. The molecule has 1 unspecified atom stereocenters. The zero-order valence-corrected chi connectivity index (χ0v) is 10.3. The predicted octanol–water partition coefficient (Wildman–Crippen LogP) is 1.58. The van der Waals surface area contributed by atoms with E-state index < -0.39 is 11.7 Å². The first kappa shape index (κ1) is 12.8. The molecule has 1 amide bonds. The van der Waals surface area contributed by atoms with Gasteiger partial charge in [0.1, 0.15) is 0 Å². The quantitative estimate of drug-likeness (QED) is 0.855. The van der Waals surface area contributed by atoms with Crippen LogP contribution in [0.25, 0.3) is 0 Å². The number of amides is 1. The summed E-state index contributed by atoms with van der Waals surface area (Å²) in [6.45, 7) is 2.87. The molecular formula is C13H17FN2O2. The van der Waals surface area contributed by atoms with Crippen molar-refractivity contribution in [2.45, 2.75) is 32.4 Å². The van der Waals surface area contributed by atoms with Crippen LogP contribution in [0.15, 0.2) is 12.1 Å². The molecule has 18 heavy (non-hydrogen) atoms. The van der Waals surface area contributed by atoms with Crippen LogP contribution in [-0.4, -0.2) is 18.7 Å². The molecule has 0 aromatic heterocycles. The lowest BCUT2D eigenvalue weighted by atomic mass is 9.98. The van der Waals surface area contributed by atoms with E-state index in [1.165, 1.54) is 12.1 Å². The Bertz CT molecular complexity index is 463. The minimum absolute atomic E-state index is 0.158. The van der Waals surface area contributed by atoms with Crippen LogP contribution in [0.5, 0.6) is 5.75 Å². The summed E-state index contributed by atoms with van der Waals surface area (Å²) in [5.41, 5.74) is 6.20. The van der Waals surface area contributed by atoms with Crippen LogP contribution in [0.2, 0.25) is 0 Å². The summed E-state index contributed by atoms with van der Waals surface area (Å²) < 4.78 is 19.3. The van der Waals surface area contributed by atoms with Crippen molar-refractivity contribution in [2.24, 2.45) is 5.73 Å². The molecule has 0 spiro atoms. The lowest BCUT2D eigenvalue weighted by molar-refractivity contribution is 0.0991. The zero-order chi connectivity index (χ0) is 13.1. The summed E-state index contributed by atoms with van der Waals surface area (Å²) in [5, 5.41) is 3.18. The van der Waals surface area contributed by atoms with Gasteiger partial charge in [-0.15, -0.1) is 0 Å². The maximum Gasteiger partial charge on any atom is 0.249 e. The summed E-state index contributed by atoms with van der Waals surface area (Å²) in [4.78, 5) is 11.3. The van der Waals surface area contributed by atoms with Crippen LogP contribution in [0, 0.1) is 5.82 Å². The molecule has 2 rings (SSSR count). The van der Waals surface area contributed by atoms with Crippen LogP contribution in [0.3, 0.4) is 0 Å². The van der Waals surface area contributed by atoms with Crippen LogP contribution >= 0.6 is 0 Å². The van der Waals surface area contributed by atoms with E-state index in [2.05, 4.69) is 12.2 Å². The normalized spacial score (nSPS) is 18.0. The van der Waals surface area contributed by atoms with E-state index >= 15 is 0 Å². The van der Waals surface area contributed by atoms with Crippen LogP contribution < -0.4 is 15.8 Å². The number of hydrogen-bond acceptors (Lipinski definition) is 3. The van der Waals surface area contributed by atoms with Gasteiger partial charge in [-0.1, -0.05) is 6.92 Å². The Balaban J connectivity index is 2.26. The highest BCUT2D eigenvalue weighted by Gasteiger charge is 2.25. The number of rotatable bonds is 4. The Morgan fingerprint density at radius 3 is 3.06 bits per heavy atom. The molecule has 0 radical (unpaired) electrons. The molecule has 0 fully saturated rings. The monoisotopic (exact) mass is 252 g/mol. The SMILES string of the molecule is CCCNC1CCc2c(C(N)=O)ccc(F)c2O1. The highest BCUT2D eigenvalue weighted by molar-refractivity contribution is 5.95. The van der Waals surface area contributed by atoms with Gasteiger partial charge in [0.2, 0.25) is 5.91 Å². The van der Waals surface area contributed by atoms with Gasteiger partial charge in [0, 0.05) is 17.5 Å². The molecule has 0 saturated carbocycles. The van der Waals surface area contributed by atoms with Gasteiger partial charge in [-0.25, -0.2) is 4.39 Å². The van der Waals surface area contributed by atoms with Gasteiger partial charge >= 0.3 is 0 Å². The van der Waals surface area contributed by atoms with Crippen molar-refractivity contribution in [3.05, 3.63) is 29.1 Å². The minimum Gasteiger partial charge on any atom is -0.472 e. The first-order chi connectivity index (χ1) is 8.63. The molecule has 1 aliphatic rings. The van der Waals surface area contributed by atoms with Gasteiger partial charge in [-0.2, -0.15) is 0 Å². The van der Waals surface area contributed by atoms with E-state index in [0.717, 1.165) is 13.0 Å². The maximum atomic E-state index is 13.7. The molecular weight excluding hydrogens is 235 g/mol. The second kappa shape index (κ2) is 5.35. The molecule has 3 N–H and O–H groups in total. The van der Waals surface area contributed by atoms with Crippen molar-refractivity contribution in [1.82, 2.24) is 5.32 Å². The molecule has 1 aromatic carbocycles. The zero-order valence-electron chi connectivity index (χ0n) is 10.3. The van der Waals surface area contributed by atoms with E-state index in [1.807, 2.05) is 0 Å². The fraction of sp³-hybridized carbons (Fsp3) is 0.462. The third-order valence-electron chi connectivity index (χ3n) is 3.02. The number of ether oxygens (including phenoxy) is 1. The van der Waals surface area contributed by atoms with Gasteiger partial charge in [-0.3, -0.25) is 10.1 Å². The van der Waals surface area contributed by atoms with Crippen LogP contribution in [0.1, 0.15) is 35.7 Å². The molecule has 4 nitrogen and oxygen atoms in total. The molecule has 1 aromatic rings. The largest absolute Gasteiger partial charge is 0.472 e. The minimum atomic E-state index is -0.546. The Morgan fingerprint density at radius 1 is 1.61 bits per heavy atom. The van der Waals surface area contributed by atoms with E-state index in [-0.39, 0.29) is 12.0 Å². The Kier molecular flexibility index (Phi) is 3.81. The van der Waals surface area contributed by atoms with E-state index in [0.29, 0.717) is 24.0 Å². The number of carbonyl (C=O) groups excluding carboxylic acids is 1. The molecule has 1 atom stereocenters. The summed E-state index contributed by atoms with van der Waals surface area (Å²) >= 11 is 0. The number of benzene rings is 1. The molecule has 0 saturated heterocycles. The first-order valence-electron chi connectivity index (χ1n) is 6.14. The number of hydrogen-bond donors (Lipinski definition) is 2. The molecule has 0 bridgehead atoms. The Hall–Kier alpha value is -1.62. The topological polar surface area (TPSA) is 64.3 Å². The second-order valence-electron chi connectivity index (χ2n) is 4.37. The number of fused-ring (bicyclic) bond motifs is 1. The van der Waals surface area contributed by atoms with Crippen molar-refractivity contribution in [3.8, 4) is 5.75 Å². The maximum absolute atomic E-state index is 13.7. The first-order valence-corrected chi connectivity index (χ1v) is 6.14. The third kappa shape index (κ3) is 2.46. The molecule has 1 heterocycles. The fourth-order valence-corrected chi connectivity index (χ4v) is 2.13. The fourth-order valence-electron chi connectivity index (χ4n) is 2.13. The van der Waals surface area contributed by atoms with Gasteiger partial charge in [0.15, 0.2) is 17.8 Å². The highest BCUT2D eigenvalue weighted by Crippen LogP contribution is 2.32. The van der Waals surface area contributed by atoms with Crippen molar-refractivity contribution in [1.29, 1.82) is 0 Å². The average Bonchev–Trinajstić information content (AvgIpc) is 2.36. The standard InChI is InChI=1S/C13H17FN2O2/c1-2-7-16-11-6-4-8-9(13(15)17)3-5-10(14)12(8)18-11/h3,5,11,16H,2,4,6-7H2,1H3,(H2,15,17). The van der Waals surface area contributed by atoms with Crippen molar-refractivity contribution in [2.75, 3.05) is 6.54 Å². The predicted molar refractivity (Wildman–Crippen MR) is 65.9 cm³/mol. The lowest BCUT2D eigenvalue weighted by Crippen LogP contribution is -2.38. The average molecular weight is 252 g/mol. The Morgan fingerprint density at radius 2 is 2.39 bits per heavy atom. The summed E-state index contributed by atoms with van der Waals surface area (Å²) in [7, 11) is 0. The van der Waals surface area contributed by atoms with Crippen molar-refractivity contribution in [3.63, 3.8) is 0 Å². The second-order valence-corrected chi connectivity index (χ2v) is 4.37. The van der Waals surface area contributed by atoms with E-state index in [9.17, 15) is 9.18 Å². The number of nitrogens with two attached hydrogens (primary N) is 1. The summed E-state index contributed by atoms with van der Waals surface area (Å²) in [6.07, 6.45) is 2.08. The number of nitrogens with one attached hydrogen (secondary N) is 1. The van der Waals surface area contributed by atoms with Gasteiger partial charge < -0.3 is 10.5 Å². The lowest BCUT2D eigenvalue weighted by Gasteiger charge is -2.28. The highest BCUT2D eigenvalue weighted by atomic mass is 19.1. The molecule has 1 aliphatic heterocycles. The van der Waals surface area contributed by atoms with Gasteiger partial charge in [0.05, 0.1) is 0 Å². The van der Waals surface area contributed by atoms with Gasteiger partial charge in [-0.05, 0) is 31.5 Å². The Labute approximate surface area is 105 Å². The molecule has 98 valence electrons. The summed E-state index contributed by atoms with van der Waals surface area (Å²) in [6, 6.07) is 2.64. The van der Waals surface area contributed by atoms with E-state index in [1.54, 1.807) is 0 Å². The number of primary amides is 1. The van der Waals surface area contributed by atoms with Crippen molar-refractivity contribution < 1.29 is 13.9 Å². The number of carbonyl (C=O) groups is 1. The third-order valence-corrected chi connectivity index (χ3v) is 3.02. The van der Waals surface area contributed by atoms with Crippen LogP contribution in [-0.2, 0) is 6.42 Å². The smallest absolute Gasteiger partial charge is 0.249 e. The van der Waals surface area contributed by atoms with Crippen LogP contribution in [0.4, 0.5) is 4.39 Å². The van der Waals surface area contributed by atoms with Gasteiger partial charge in [0.25, 0.3) is 0 Å². The molecule has 5 heteroatoms. The van der Waals surface area contributed by atoms with Crippen molar-refractivity contribution >= 4 is 5.91 Å².